The maximum atomic E-state index is 13.4. The van der Waals surface area contributed by atoms with Crippen LogP contribution in [0.25, 0.3) is 16.4 Å². The van der Waals surface area contributed by atoms with Crippen LogP contribution in [0.5, 0.6) is 0 Å². The summed E-state index contributed by atoms with van der Waals surface area (Å²) in [5.41, 5.74) is 1.27. The highest BCUT2D eigenvalue weighted by molar-refractivity contribution is 7.85. The van der Waals surface area contributed by atoms with Gasteiger partial charge < -0.3 is 0 Å². The van der Waals surface area contributed by atoms with E-state index in [1.807, 2.05) is 0 Å². The van der Waals surface area contributed by atoms with Crippen molar-refractivity contribution in [2.45, 2.75) is 24.7 Å². The quantitative estimate of drug-likeness (QED) is 0.269. The third-order valence-electron chi connectivity index (χ3n) is 4.81. The van der Waals surface area contributed by atoms with Crippen LogP contribution < -0.4 is 5.56 Å². The predicted molar refractivity (Wildman–Crippen MR) is 122 cm³/mol. The first kappa shape index (κ1) is 23.6. The number of hydrogen-bond donors (Lipinski definition) is 2. The van der Waals surface area contributed by atoms with Crippen LogP contribution in [0.15, 0.2) is 73.8 Å². The van der Waals surface area contributed by atoms with Crippen molar-refractivity contribution in [3.8, 4) is 16.4 Å². The number of nitrogens with one attached hydrogen (secondary N) is 1. The van der Waals surface area contributed by atoms with E-state index in [9.17, 15) is 22.0 Å². The van der Waals surface area contributed by atoms with E-state index in [1.165, 1.54) is 40.3 Å². The van der Waals surface area contributed by atoms with Gasteiger partial charge in [0, 0.05) is 23.4 Å². The lowest BCUT2D eigenvalue weighted by Gasteiger charge is -2.10. The molecule has 9 nitrogen and oxygen atoms in total. The topological polar surface area (TPSA) is 130 Å². The van der Waals surface area contributed by atoms with Gasteiger partial charge in [-0.25, -0.2) is 13.8 Å². The number of aryl methyl sites for hydroxylation is 1. The summed E-state index contributed by atoms with van der Waals surface area (Å²) in [6.07, 6.45) is 0. The summed E-state index contributed by atoms with van der Waals surface area (Å²) < 4.78 is 59.3. The van der Waals surface area contributed by atoms with E-state index in [0.29, 0.717) is 22.1 Å². The lowest BCUT2D eigenvalue weighted by atomic mass is 10.1. The fraction of sp³-hybridized carbons (Fsp3) is 0.143. The molecule has 0 unspecified atom stereocenters. The Morgan fingerprint density at radius 3 is 2.32 bits per heavy atom. The molecule has 0 bridgehead atoms. The average molecular weight is 506 g/mol. The van der Waals surface area contributed by atoms with Crippen molar-refractivity contribution in [3.05, 3.63) is 75.5 Å². The number of nitrogens with zero attached hydrogens (tertiary/aromatic N) is 4. The molecule has 4 aromatic rings. The smallest absolute Gasteiger partial charge is 0.291 e. The minimum absolute atomic E-state index is 0.0325. The Morgan fingerprint density at radius 2 is 1.74 bits per heavy atom. The molecule has 34 heavy (non-hydrogen) atoms. The number of H-pyrrole nitrogens is 1. The minimum Gasteiger partial charge on any atom is -0.291 e. The summed E-state index contributed by atoms with van der Waals surface area (Å²) in [5, 5.41) is 12.8. The van der Waals surface area contributed by atoms with Gasteiger partial charge in [-0.15, -0.1) is 16.5 Å². The fourth-order valence-corrected chi connectivity index (χ4v) is 4.29. The zero-order valence-corrected chi connectivity index (χ0v) is 19.4. The minimum atomic E-state index is -4.32. The summed E-state index contributed by atoms with van der Waals surface area (Å²) >= 11 is 1.18. The Kier molecular flexibility index (Phi) is 6.02. The zero-order chi connectivity index (χ0) is 24.7. The van der Waals surface area contributed by atoms with Gasteiger partial charge in [0.25, 0.3) is 16.0 Å². The molecule has 2 aromatic carbocycles. The van der Waals surface area contributed by atoms with E-state index in [-0.39, 0.29) is 21.8 Å². The number of rotatable bonds is 6. The van der Waals surface area contributed by atoms with Crippen LogP contribution in [0.4, 0.5) is 20.2 Å². The van der Waals surface area contributed by atoms with Crippen molar-refractivity contribution >= 4 is 32.8 Å². The van der Waals surface area contributed by atoms with Crippen LogP contribution in [-0.2, 0) is 16.0 Å². The van der Waals surface area contributed by atoms with Crippen molar-refractivity contribution in [1.29, 1.82) is 0 Å². The number of halogens is 2. The Labute approximate surface area is 196 Å². The Morgan fingerprint density at radius 1 is 1.09 bits per heavy atom. The van der Waals surface area contributed by atoms with Gasteiger partial charge in [0.05, 0.1) is 22.0 Å². The van der Waals surface area contributed by atoms with Gasteiger partial charge in [-0.05, 0) is 31.2 Å². The van der Waals surface area contributed by atoms with Crippen molar-refractivity contribution in [2.75, 3.05) is 0 Å². The monoisotopic (exact) mass is 505 g/mol. The second kappa shape index (κ2) is 8.66. The van der Waals surface area contributed by atoms with Gasteiger partial charge in [-0.3, -0.25) is 14.4 Å². The molecule has 0 saturated heterocycles. The molecule has 0 aliphatic heterocycles. The molecule has 0 atom stereocenters. The summed E-state index contributed by atoms with van der Waals surface area (Å²) in [7, 11) is -4.32. The lowest BCUT2D eigenvalue weighted by molar-refractivity contribution is 0.0175. The first-order valence-corrected chi connectivity index (χ1v) is 12.0. The third-order valence-corrected chi connectivity index (χ3v) is 6.51. The van der Waals surface area contributed by atoms with Gasteiger partial charge in [-0.1, -0.05) is 24.3 Å². The number of aromatic nitrogens is 3. The number of hydrogen-bond acceptors (Lipinski definition) is 7. The van der Waals surface area contributed by atoms with E-state index in [2.05, 4.69) is 20.3 Å². The SMILES string of the molecule is Cc1[nH]n(-c2nc(-c3ccc(C(C)(F)F)cc3)cs2)c(=O)c1N=Nc1ccc(S(=O)(=O)O)cc1. The molecule has 4 rings (SSSR count). The van der Waals surface area contributed by atoms with Crippen LogP contribution >= 0.6 is 11.3 Å². The summed E-state index contributed by atoms with van der Waals surface area (Å²) in [6.45, 7) is 2.46. The molecule has 0 amide bonds. The fourth-order valence-electron chi connectivity index (χ4n) is 3.02. The highest BCUT2D eigenvalue weighted by atomic mass is 32.2. The van der Waals surface area contributed by atoms with E-state index >= 15 is 0 Å². The molecule has 13 heteroatoms. The molecule has 176 valence electrons. The van der Waals surface area contributed by atoms with Gasteiger partial charge in [0.2, 0.25) is 5.13 Å². The van der Waals surface area contributed by atoms with Crippen molar-refractivity contribution in [2.24, 2.45) is 10.2 Å². The van der Waals surface area contributed by atoms with E-state index in [0.717, 1.165) is 19.1 Å². The van der Waals surface area contributed by atoms with Gasteiger partial charge in [0.1, 0.15) is 0 Å². The zero-order valence-electron chi connectivity index (χ0n) is 17.7. The highest BCUT2D eigenvalue weighted by Crippen LogP contribution is 2.30. The lowest BCUT2D eigenvalue weighted by Crippen LogP contribution is -2.13. The maximum Gasteiger partial charge on any atom is 0.301 e. The number of benzene rings is 2. The number of alkyl halides is 2. The molecule has 0 fully saturated rings. The third kappa shape index (κ3) is 4.85. The molecule has 2 heterocycles. The van der Waals surface area contributed by atoms with E-state index < -0.39 is 21.6 Å². The second-order valence-electron chi connectivity index (χ2n) is 7.38. The standard InChI is InChI=1S/C21H17F2N5O4S2/c1-12-18(26-25-15-7-9-16(10-8-15)34(30,31)32)19(29)28(27-12)20-24-17(11-33-20)13-3-5-14(6-4-13)21(2,22)23/h3-11,27H,1-2H3,(H,30,31,32). The molecule has 2 N–H and O–H groups in total. The van der Waals surface area contributed by atoms with Gasteiger partial charge in [0.15, 0.2) is 5.69 Å². The van der Waals surface area contributed by atoms with Crippen LogP contribution in [0.2, 0.25) is 0 Å². The molecule has 0 aliphatic rings. The number of aromatic amines is 1. The normalized spacial score (nSPS) is 12.5. The average Bonchev–Trinajstić information content (AvgIpc) is 3.36. The van der Waals surface area contributed by atoms with Crippen molar-refractivity contribution in [1.82, 2.24) is 14.8 Å². The predicted octanol–water partition coefficient (Wildman–Crippen LogP) is 5.37. The van der Waals surface area contributed by atoms with E-state index in [4.69, 9.17) is 4.55 Å². The Bertz CT molecular complexity index is 1530. The van der Waals surface area contributed by atoms with Crippen molar-refractivity contribution in [3.63, 3.8) is 0 Å². The first-order chi connectivity index (χ1) is 15.9. The molecule has 0 saturated carbocycles. The van der Waals surface area contributed by atoms with Crippen LogP contribution in [-0.4, -0.2) is 27.7 Å². The summed E-state index contributed by atoms with van der Waals surface area (Å²) in [5.74, 6) is -2.94. The summed E-state index contributed by atoms with van der Waals surface area (Å²) in [4.78, 5) is 17.0. The van der Waals surface area contributed by atoms with Crippen LogP contribution in [0, 0.1) is 6.92 Å². The molecular weight excluding hydrogens is 488 g/mol. The van der Waals surface area contributed by atoms with Gasteiger partial charge >= 0.3 is 5.56 Å². The maximum absolute atomic E-state index is 13.4. The van der Waals surface area contributed by atoms with Crippen LogP contribution in [0.3, 0.4) is 0 Å². The molecule has 0 aliphatic carbocycles. The Hall–Kier alpha value is -3.55. The highest BCUT2D eigenvalue weighted by Gasteiger charge is 2.24. The first-order valence-electron chi connectivity index (χ1n) is 9.69. The molecule has 0 spiro atoms. The number of thiazole rings is 1. The van der Waals surface area contributed by atoms with E-state index in [1.54, 1.807) is 24.4 Å². The van der Waals surface area contributed by atoms with Crippen molar-refractivity contribution < 1.29 is 21.8 Å². The second-order valence-corrected chi connectivity index (χ2v) is 9.63. The molecular formula is C21H17F2N5O4S2. The van der Waals surface area contributed by atoms with Crippen LogP contribution in [0.1, 0.15) is 18.2 Å². The number of azo groups is 1. The Balaban J connectivity index is 1.59. The largest absolute Gasteiger partial charge is 0.301 e. The molecule has 2 aromatic heterocycles. The summed E-state index contributed by atoms with van der Waals surface area (Å²) in [6, 6.07) is 10.7. The molecule has 0 radical (unpaired) electrons. The van der Waals surface area contributed by atoms with Gasteiger partial charge in [-0.2, -0.15) is 18.2 Å².